The Hall–Kier alpha value is -1.95. The highest BCUT2D eigenvalue weighted by Gasteiger charge is 2.39. The SMILES string of the molecule is COC(C=CC1C(O)CC(O)C1CC=CCCCC(=O)O)CCc1ccccc1. The van der Waals surface area contributed by atoms with Crippen molar-refractivity contribution in [1.29, 1.82) is 0 Å². The van der Waals surface area contributed by atoms with E-state index in [9.17, 15) is 15.0 Å². The maximum absolute atomic E-state index is 10.5. The first-order valence-corrected chi connectivity index (χ1v) is 10.5. The van der Waals surface area contributed by atoms with Crippen molar-refractivity contribution in [3.63, 3.8) is 0 Å². The predicted octanol–water partition coefficient (Wildman–Crippen LogP) is 3.75. The molecule has 1 aromatic rings. The van der Waals surface area contributed by atoms with Crippen LogP contribution >= 0.6 is 0 Å². The molecule has 1 saturated carbocycles. The van der Waals surface area contributed by atoms with Crippen LogP contribution in [0.25, 0.3) is 0 Å². The minimum Gasteiger partial charge on any atom is -0.481 e. The van der Waals surface area contributed by atoms with Crippen LogP contribution in [-0.2, 0) is 16.0 Å². The number of hydrogen-bond acceptors (Lipinski definition) is 4. The highest BCUT2D eigenvalue weighted by Crippen LogP contribution is 2.36. The molecule has 5 unspecified atom stereocenters. The fourth-order valence-electron chi connectivity index (χ4n) is 3.95. The molecule has 2 rings (SSSR count). The Morgan fingerprint density at radius 2 is 1.97 bits per heavy atom. The van der Waals surface area contributed by atoms with E-state index in [1.54, 1.807) is 7.11 Å². The summed E-state index contributed by atoms with van der Waals surface area (Å²) < 4.78 is 5.58. The number of carboxylic acid groups (broad SMARTS) is 1. The van der Waals surface area contributed by atoms with Gasteiger partial charge in [0.2, 0.25) is 0 Å². The summed E-state index contributed by atoms with van der Waals surface area (Å²) >= 11 is 0. The topological polar surface area (TPSA) is 87.0 Å². The van der Waals surface area contributed by atoms with Crippen LogP contribution in [0.4, 0.5) is 0 Å². The molecule has 160 valence electrons. The number of aryl methyl sites for hydroxylation is 1. The molecular formula is C24H34O5. The summed E-state index contributed by atoms with van der Waals surface area (Å²) in [7, 11) is 1.69. The quantitative estimate of drug-likeness (QED) is 0.366. The Balaban J connectivity index is 1.87. The summed E-state index contributed by atoms with van der Waals surface area (Å²) in [6.07, 6.45) is 11.2. The van der Waals surface area contributed by atoms with Crippen molar-refractivity contribution >= 4 is 5.97 Å². The molecule has 0 bridgehead atoms. The summed E-state index contributed by atoms with van der Waals surface area (Å²) in [4.78, 5) is 10.5. The lowest BCUT2D eigenvalue weighted by atomic mass is 9.89. The van der Waals surface area contributed by atoms with Crippen molar-refractivity contribution in [2.45, 2.75) is 63.3 Å². The standard InChI is InChI=1S/C24H34O5/c1-29-19(14-13-18-9-5-4-6-10-18)15-16-21-20(22(25)17-23(21)26)11-7-2-3-8-12-24(27)28/h2,4-7,9-10,15-16,19-23,25-26H,3,8,11-14,17H2,1H3,(H,27,28). The van der Waals surface area contributed by atoms with Gasteiger partial charge >= 0.3 is 5.97 Å². The van der Waals surface area contributed by atoms with Gasteiger partial charge in [-0.15, -0.1) is 0 Å². The van der Waals surface area contributed by atoms with Crippen LogP contribution in [0.3, 0.4) is 0 Å². The van der Waals surface area contributed by atoms with Gasteiger partial charge < -0.3 is 20.1 Å². The van der Waals surface area contributed by atoms with Gasteiger partial charge in [0, 0.05) is 25.9 Å². The van der Waals surface area contributed by atoms with Crippen LogP contribution < -0.4 is 0 Å². The van der Waals surface area contributed by atoms with Crippen LogP contribution in [-0.4, -0.2) is 46.7 Å². The number of aliphatic hydroxyl groups excluding tert-OH is 2. The van der Waals surface area contributed by atoms with E-state index in [1.165, 1.54) is 5.56 Å². The van der Waals surface area contributed by atoms with Gasteiger partial charge in [-0.05, 0) is 43.6 Å². The number of ether oxygens (including phenoxy) is 1. The van der Waals surface area contributed by atoms with E-state index in [2.05, 4.69) is 12.1 Å². The lowest BCUT2D eigenvalue weighted by Gasteiger charge is -2.20. The zero-order chi connectivity index (χ0) is 21.1. The molecule has 0 aliphatic heterocycles. The maximum Gasteiger partial charge on any atom is 0.303 e. The fraction of sp³-hybridized carbons (Fsp3) is 0.542. The van der Waals surface area contributed by atoms with E-state index in [0.29, 0.717) is 25.7 Å². The first kappa shape index (κ1) is 23.3. The number of carbonyl (C=O) groups is 1. The molecule has 1 aliphatic carbocycles. The third-order valence-electron chi connectivity index (χ3n) is 5.66. The zero-order valence-corrected chi connectivity index (χ0v) is 17.2. The van der Waals surface area contributed by atoms with Crippen molar-refractivity contribution in [1.82, 2.24) is 0 Å². The lowest BCUT2D eigenvalue weighted by molar-refractivity contribution is -0.137. The Bertz CT molecular complexity index is 654. The second kappa shape index (κ2) is 12.6. The fourth-order valence-corrected chi connectivity index (χ4v) is 3.95. The van der Waals surface area contributed by atoms with Crippen LogP contribution in [0, 0.1) is 11.8 Å². The molecule has 0 heterocycles. The van der Waals surface area contributed by atoms with Gasteiger partial charge in [-0.1, -0.05) is 54.6 Å². The molecule has 0 aromatic heterocycles. The number of rotatable bonds is 12. The molecule has 1 aliphatic rings. The van der Waals surface area contributed by atoms with Gasteiger partial charge in [0.05, 0.1) is 18.3 Å². The minimum atomic E-state index is -0.780. The normalized spacial score (nSPS) is 25.8. The predicted molar refractivity (Wildman–Crippen MR) is 114 cm³/mol. The van der Waals surface area contributed by atoms with Gasteiger partial charge in [-0.3, -0.25) is 4.79 Å². The largest absolute Gasteiger partial charge is 0.481 e. The van der Waals surface area contributed by atoms with Crippen molar-refractivity contribution in [3.05, 3.63) is 60.2 Å². The lowest BCUT2D eigenvalue weighted by Crippen LogP contribution is -2.20. The summed E-state index contributed by atoms with van der Waals surface area (Å²) in [6, 6.07) is 10.3. The number of methoxy groups -OCH3 is 1. The summed E-state index contributed by atoms with van der Waals surface area (Å²) in [6.45, 7) is 0. The number of unbranched alkanes of at least 4 members (excludes halogenated alkanes) is 1. The van der Waals surface area contributed by atoms with Gasteiger partial charge in [-0.2, -0.15) is 0 Å². The van der Waals surface area contributed by atoms with Crippen LogP contribution in [0.1, 0.15) is 44.1 Å². The number of hydrogen-bond donors (Lipinski definition) is 3. The summed E-state index contributed by atoms with van der Waals surface area (Å²) in [5.74, 6) is -0.926. The third kappa shape index (κ3) is 8.13. The first-order chi connectivity index (χ1) is 14.0. The molecule has 0 radical (unpaired) electrons. The number of aliphatic carboxylic acids is 1. The maximum atomic E-state index is 10.5. The van der Waals surface area contributed by atoms with Gasteiger partial charge in [0.25, 0.3) is 0 Å². The molecule has 5 heteroatoms. The molecule has 5 nitrogen and oxygen atoms in total. The molecule has 5 atom stereocenters. The van der Waals surface area contributed by atoms with E-state index < -0.39 is 18.2 Å². The van der Waals surface area contributed by atoms with Gasteiger partial charge in [-0.25, -0.2) is 0 Å². The Morgan fingerprint density at radius 3 is 2.66 bits per heavy atom. The summed E-state index contributed by atoms with van der Waals surface area (Å²) in [5, 5.41) is 29.4. The number of carboxylic acids is 1. The van der Waals surface area contributed by atoms with E-state index in [1.807, 2.05) is 42.5 Å². The van der Waals surface area contributed by atoms with Crippen molar-refractivity contribution in [3.8, 4) is 0 Å². The molecule has 29 heavy (non-hydrogen) atoms. The zero-order valence-electron chi connectivity index (χ0n) is 17.2. The van der Waals surface area contributed by atoms with Crippen LogP contribution in [0.15, 0.2) is 54.6 Å². The van der Waals surface area contributed by atoms with E-state index in [-0.39, 0.29) is 24.4 Å². The van der Waals surface area contributed by atoms with E-state index in [4.69, 9.17) is 9.84 Å². The third-order valence-corrected chi connectivity index (χ3v) is 5.66. The average molecular weight is 403 g/mol. The second-order valence-corrected chi connectivity index (χ2v) is 7.79. The molecular weight excluding hydrogens is 368 g/mol. The summed E-state index contributed by atoms with van der Waals surface area (Å²) in [5.41, 5.74) is 1.27. The van der Waals surface area contributed by atoms with Crippen LogP contribution in [0.2, 0.25) is 0 Å². The number of allylic oxidation sites excluding steroid dienone is 2. The Morgan fingerprint density at radius 1 is 1.21 bits per heavy atom. The van der Waals surface area contributed by atoms with Crippen molar-refractivity contribution < 1.29 is 24.9 Å². The molecule has 1 fully saturated rings. The highest BCUT2D eigenvalue weighted by atomic mass is 16.5. The smallest absolute Gasteiger partial charge is 0.303 e. The molecule has 3 N–H and O–H groups in total. The van der Waals surface area contributed by atoms with Gasteiger partial charge in [0.1, 0.15) is 0 Å². The monoisotopic (exact) mass is 402 g/mol. The highest BCUT2D eigenvalue weighted by molar-refractivity contribution is 5.66. The van der Waals surface area contributed by atoms with E-state index in [0.717, 1.165) is 12.8 Å². The van der Waals surface area contributed by atoms with Crippen molar-refractivity contribution in [2.24, 2.45) is 11.8 Å². The molecule has 1 aromatic carbocycles. The molecule has 0 spiro atoms. The van der Waals surface area contributed by atoms with E-state index >= 15 is 0 Å². The van der Waals surface area contributed by atoms with Crippen molar-refractivity contribution in [2.75, 3.05) is 7.11 Å². The average Bonchev–Trinajstić information content (AvgIpc) is 2.98. The first-order valence-electron chi connectivity index (χ1n) is 10.5. The number of aliphatic hydroxyl groups is 2. The van der Waals surface area contributed by atoms with Crippen LogP contribution in [0.5, 0.6) is 0 Å². The second-order valence-electron chi connectivity index (χ2n) is 7.79. The molecule has 0 saturated heterocycles. The minimum absolute atomic E-state index is 0.0349. The van der Waals surface area contributed by atoms with Gasteiger partial charge in [0.15, 0.2) is 0 Å². The number of benzene rings is 1. The molecule has 0 amide bonds. The Kier molecular flexibility index (Phi) is 10.1. The Labute approximate surface area is 173 Å².